The maximum Gasteiger partial charge on any atom is 0.407 e. The van der Waals surface area contributed by atoms with Crippen molar-refractivity contribution in [1.82, 2.24) is 10.2 Å². The molecule has 126 valence electrons. The Morgan fingerprint density at radius 1 is 1.05 bits per heavy atom. The summed E-state index contributed by atoms with van der Waals surface area (Å²) in [6.45, 7) is 7.08. The molecular formula is C15H34N4O2. The number of unbranched alkanes of at least 4 members (excludes halogenated alkanes) is 1. The molecule has 0 aromatic carbocycles. The SMILES string of the molecule is CCC(N)CCNCCCCN(CCC(N)CC)C(=O)O. The van der Waals surface area contributed by atoms with Gasteiger partial charge < -0.3 is 26.8 Å². The van der Waals surface area contributed by atoms with Gasteiger partial charge in [-0.05, 0) is 51.6 Å². The summed E-state index contributed by atoms with van der Waals surface area (Å²) >= 11 is 0. The molecule has 0 heterocycles. The zero-order chi connectivity index (χ0) is 16.1. The third kappa shape index (κ3) is 11.5. The van der Waals surface area contributed by atoms with E-state index in [1.165, 1.54) is 4.90 Å². The Labute approximate surface area is 129 Å². The Morgan fingerprint density at radius 2 is 1.67 bits per heavy atom. The quantitative estimate of drug-likeness (QED) is 0.387. The summed E-state index contributed by atoms with van der Waals surface area (Å²) in [4.78, 5) is 12.6. The lowest BCUT2D eigenvalue weighted by Crippen LogP contribution is -2.35. The first-order valence-corrected chi connectivity index (χ1v) is 8.20. The highest BCUT2D eigenvalue weighted by Crippen LogP contribution is 2.01. The fraction of sp³-hybridized carbons (Fsp3) is 0.933. The predicted octanol–water partition coefficient (Wildman–Crippen LogP) is 1.59. The van der Waals surface area contributed by atoms with Crippen molar-refractivity contribution in [3.05, 3.63) is 0 Å². The molecule has 0 saturated carbocycles. The number of nitrogens with zero attached hydrogens (tertiary/aromatic N) is 1. The van der Waals surface area contributed by atoms with Crippen LogP contribution in [0, 0.1) is 0 Å². The largest absolute Gasteiger partial charge is 0.465 e. The Balaban J connectivity index is 3.63. The molecule has 2 atom stereocenters. The number of carboxylic acid groups (broad SMARTS) is 1. The summed E-state index contributed by atoms with van der Waals surface area (Å²) in [5.74, 6) is 0. The van der Waals surface area contributed by atoms with Gasteiger partial charge >= 0.3 is 6.09 Å². The highest BCUT2D eigenvalue weighted by atomic mass is 16.4. The van der Waals surface area contributed by atoms with Crippen molar-refractivity contribution in [2.24, 2.45) is 11.5 Å². The molecule has 6 N–H and O–H groups in total. The molecular weight excluding hydrogens is 268 g/mol. The van der Waals surface area contributed by atoms with Crippen molar-refractivity contribution in [2.45, 2.75) is 64.5 Å². The predicted molar refractivity (Wildman–Crippen MR) is 87.5 cm³/mol. The highest BCUT2D eigenvalue weighted by molar-refractivity contribution is 5.64. The van der Waals surface area contributed by atoms with Gasteiger partial charge in [-0.25, -0.2) is 4.79 Å². The van der Waals surface area contributed by atoms with E-state index in [0.29, 0.717) is 13.1 Å². The minimum Gasteiger partial charge on any atom is -0.465 e. The van der Waals surface area contributed by atoms with Crippen molar-refractivity contribution in [2.75, 3.05) is 26.2 Å². The van der Waals surface area contributed by atoms with E-state index in [2.05, 4.69) is 12.2 Å². The number of nitrogens with two attached hydrogens (primary N) is 2. The molecule has 6 nitrogen and oxygen atoms in total. The minimum absolute atomic E-state index is 0.0938. The van der Waals surface area contributed by atoms with Crippen LogP contribution in [-0.4, -0.2) is 54.4 Å². The Kier molecular flexibility index (Phi) is 12.3. The number of amides is 1. The second kappa shape index (κ2) is 12.9. The lowest BCUT2D eigenvalue weighted by atomic mass is 10.1. The Morgan fingerprint density at radius 3 is 2.24 bits per heavy atom. The zero-order valence-corrected chi connectivity index (χ0v) is 13.7. The summed E-state index contributed by atoms with van der Waals surface area (Å²) < 4.78 is 0. The first-order chi connectivity index (χ1) is 10.0. The fourth-order valence-electron chi connectivity index (χ4n) is 2.00. The second-order valence-corrected chi connectivity index (χ2v) is 5.64. The zero-order valence-electron chi connectivity index (χ0n) is 13.7. The van der Waals surface area contributed by atoms with Gasteiger partial charge in [0.05, 0.1) is 0 Å². The fourth-order valence-corrected chi connectivity index (χ4v) is 2.00. The van der Waals surface area contributed by atoms with Crippen molar-refractivity contribution in [3.8, 4) is 0 Å². The third-order valence-electron chi connectivity index (χ3n) is 3.81. The van der Waals surface area contributed by atoms with E-state index < -0.39 is 6.09 Å². The minimum atomic E-state index is -0.847. The average molecular weight is 302 g/mol. The van der Waals surface area contributed by atoms with E-state index in [9.17, 15) is 4.79 Å². The molecule has 0 spiro atoms. The lowest BCUT2D eigenvalue weighted by molar-refractivity contribution is 0.142. The van der Waals surface area contributed by atoms with Gasteiger partial charge in [-0.1, -0.05) is 13.8 Å². The number of rotatable bonds is 13. The molecule has 0 aliphatic carbocycles. The van der Waals surface area contributed by atoms with E-state index >= 15 is 0 Å². The molecule has 6 heteroatoms. The van der Waals surface area contributed by atoms with Crippen LogP contribution < -0.4 is 16.8 Å². The van der Waals surface area contributed by atoms with Crippen LogP contribution in [0.15, 0.2) is 0 Å². The summed E-state index contributed by atoms with van der Waals surface area (Å²) in [5.41, 5.74) is 11.7. The van der Waals surface area contributed by atoms with Crippen LogP contribution >= 0.6 is 0 Å². The summed E-state index contributed by atoms with van der Waals surface area (Å²) in [7, 11) is 0. The monoisotopic (exact) mass is 302 g/mol. The van der Waals surface area contributed by atoms with Crippen molar-refractivity contribution in [3.63, 3.8) is 0 Å². The van der Waals surface area contributed by atoms with Crippen molar-refractivity contribution in [1.29, 1.82) is 0 Å². The summed E-state index contributed by atoms with van der Waals surface area (Å²) in [6, 6.07) is 0.374. The molecule has 0 aromatic heterocycles. The lowest BCUT2D eigenvalue weighted by Gasteiger charge is -2.20. The highest BCUT2D eigenvalue weighted by Gasteiger charge is 2.12. The molecule has 21 heavy (non-hydrogen) atoms. The van der Waals surface area contributed by atoms with Gasteiger partial charge in [0, 0.05) is 25.2 Å². The van der Waals surface area contributed by atoms with Gasteiger partial charge in [-0.3, -0.25) is 0 Å². The number of hydrogen-bond acceptors (Lipinski definition) is 4. The van der Waals surface area contributed by atoms with Gasteiger partial charge in [-0.2, -0.15) is 0 Å². The van der Waals surface area contributed by atoms with E-state index in [-0.39, 0.29) is 12.1 Å². The molecule has 0 aliphatic rings. The van der Waals surface area contributed by atoms with Crippen LogP contribution in [0.3, 0.4) is 0 Å². The normalized spacial score (nSPS) is 13.9. The van der Waals surface area contributed by atoms with Gasteiger partial charge in [0.1, 0.15) is 0 Å². The maximum atomic E-state index is 11.1. The first kappa shape index (κ1) is 20.1. The molecule has 0 fully saturated rings. The summed E-state index contributed by atoms with van der Waals surface area (Å²) in [6.07, 6.45) is 4.63. The van der Waals surface area contributed by atoms with Crippen LogP contribution in [-0.2, 0) is 0 Å². The molecule has 0 bridgehead atoms. The van der Waals surface area contributed by atoms with Crippen LogP contribution in [0.5, 0.6) is 0 Å². The van der Waals surface area contributed by atoms with Crippen LogP contribution in [0.4, 0.5) is 4.79 Å². The van der Waals surface area contributed by atoms with Crippen LogP contribution in [0.1, 0.15) is 52.4 Å². The van der Waals surface area contributed by atoms with Gasteiger partial charge in [0.15, 0.2) is 0 Å². The third-order valence-corrected chi connectivity index (χ3v) is 3.81. The topological polar surface area (TPSA) is 105 Å². The number of carbonyl (C=O) groups is 1. The Bertz CT molecular complexity index is 264. The molecule has 2 unspecified atom stereocenters. The molecule has 1 amide bonds. The maximum absolute atomic E-state index is 11.1. The van der Waals surface area contributed by atoms with E-state index in [4.69, 9.17) is 16.6 Å². The van der Waals surface area contributed by atoms with E-state index in [1.807, 2.05) is 6.92 Å². The van der Waals surface area contributed by atoms with Crippen LogP contribution in [0.2, 0.25) is 0 Å². The summed E-state index contributed by atoms with van der Waals surface area (Å²) in [5, 5.41) is 12.5. The van der Waals surface area contributed by atoms with Gasteiger partial charge in [-0.15, -0.1) is 0 Å². The van der Waals surface area contributed by atoms with E-state index in [1.54, 1.807) is 0 Å². The molecule has 0 radical (unpaired) electrons. The van der Waals surface area contributed by atoms with Gasteiger partial charge in [0.25, 0.3) is 0 Å². The van der Waals surface area contributed by atoms with Crippen molar-refractivity contribution < 1.29 is 9.90 Å². The number of nitrogens with one attached hydrogen (secondary N) is 1. The second-order valence-electron chi connectivity index (χ2n) is 5.64. The average Bonchev–Trinajstić information content (AvgIpc) is 2.47. The van der Waals surface area contributed by atoms with Gasteiger partial charge in [0.2, 0.25) is 0 Å². The number of hydrogen-bond donors (Lipinski definition) is 4. The molecule has 0 saturated heterocycles. The molecule has 0 aromatic rings. The first-order valence-electron chi connectivity index (χ1n) is 8.20. The van der Waals surface area contributed by atoms with E-state index in [0.717, 1.165) is 51.6 Å². The standard InChI is InChI=1S/C15H34N4O2/c1-3-13(16)7-10-18-9-5-6-11-19(15(20)21)12-8-14(17)4-2/h13-14,18H,3-12,16-17H2,1-2H3,(H,20,21). The molecule has 0 aliphatic heterocycles. The molecule has 0 rings (SSSR count). The van der Waals surface area contributed by atoms with Crippen LogP contribution in [0.25, 0.3) is 0 Å². The Hall–Kier alpha value is -0.850. The van der Waals surface area contributed by atoms with Crippen molar-refractivity contribution >= 4 is 6.09 Å². The smallest absolute Gasteiger partial charge is 0.407 e.